The van der Waals surface area contributed by atoms with E-state index in [0.717, 1.165) is 23.9 Å². The highest BCUT2D eigenvalue weighted by molar-refractivity contribution is 8.14. The van der Waals surface area contributed by atoms with E-state index in [1.54, 1.807) is 12.1 Å². The van der Waals surface area contributed by atoms with Crippen molar-refractivity contribution in [2.45, 2.75) is 6.17 Å². The first-order valence-electron chi connectivity index (χ1n) is 8.86. The number of carbonyl (C=O) groups excluding carboxylic acids is 2. The van der Waals surface area contributed by atoms with Crippen LogP contribution >= 0.6 is 11.8 Å². The summed E-state index contributed by atoms with van der Waals surface area (Å²) in [6.45, 7) is 0.457. The first kappa shape index (κ1) is 19.5. The molecule has 2 aliphatic heterocycles. The van der Waals surface area contributed by atoms with Crippen LogP contribution in [0, 0.1) is 17.6 Å². The summed E-state index contributed by atoms with van der Waals surface area (Å²) in [7, 11) is 0. The lowest BCUT2D eigenvalue weighted by atomic mass is 10.1. The molecular weight excluding hydrogens is 400 g/mol. The number of hydrogen-bond donors (Lipinski definition) is 3. The van der Waals surface area contributed by atoms with E-state index in [1.807, 2.05) is 18.2 Å². The Morgan fingerprint density at radius 2 is 2.03 bits per heavy atom. The first-order chi connectivity index (χ1) is 14.0. The van der Waals surface area contributed by atoms with Crippen molar-refractivity contribution in [3.05, 3.63) is 60.2 Å². The van der Waals surface area contributed by atoms with E-state index >= 15 is 0 Å². The summed E-state index contributed by atoms with van der Waals surface area (Å²) < 4.78 is 26.7. The number of anilines is 2. The number of thioether (sulfide) groups is 1. The number of aliphatic imine (C=N–C) groups is 1. The summed E-state index contributed by atoms with van der Waals surface area (Å²) in [6.07, 6.45) is -0.414. The largest absolute Gasteiger partial charge is 0.323 e. The van der Waals surface area contributed by atoms with E-state index in [4.69, 9.17) is 0 Å². The third-order valence-corrected chi connectivity index (χ3v) is 5.44. The van der Waals surface area contributed by atoms with Gasteiger partial charge in [0.25, 0.3) is 0 Å². The number of nitrogens with zero attached hydrogens (tertiary/aromatic N) is 2. The smallest absolute Gasteiger partial charge is 0.241 e. The molecule has 2 heterocycles. The molecular formula is C19H17F2N5O2S. The Balaban J connectivity index is 1.50. The maximum Gasteiger partial charge on any atom is 0.241 e. The molecule has 2 amide bonds. The molecule has 0 aromatic heterocycles. The van der Waals surface area contributed by atoms with Crippen molar-refractivity contribution in [2.75, 3.05) is 22.5 Å². The van der Waals surface area contributed by atoms with Gasteiger partial charge in [0.15, 0.2) is 5.17 Å². The first-order valence-corrected chi connectivity index (χ1v) is 9.84. The fraction of sp³-hybridized carbons (Fsp3) is 0.211. The van der Waals surface area contributed by atoms with Crippen LogP contribution in [-0.4, -0.2) is 35.4 Å². The third kappa shape index (κ3) is 4.14. The van der Waals surface area contributed by atoms with E-state index in [-0.39, 0.29) is 23.3 Å². The highest BCUT2D eigenvalue weighted by Crippen LogP contribution is 2.29. The number of halogens is 2. The minimum atomic E-state index is -0.858. The van der Waals surface area contributed by atoms with Crippen LogP contribution in [0.1, 0.15) is 0 Å². The van der Waals surface area contributed by atoms with Gasteiger partial charge in [0.1, 0.15) is 17.8 Å². The summed E-state index contributed by atoms with van der Waals surface area (Å²) in [4.78, 5) is 31.3. The second-order valence-electron chi connectivity index (χ2n) is 6.46. The molecule has 4 rings (SSSR count). The van der Waals surface area contributed by atoms with Gasteiger partial charge in [-0.15, -0.1) is 0 Å². The monoisotopic (exact) mass is 417 g/mol. The van der Waals surface area contributed by atoms with Crippen LogP contribution in [0.2, 0.25) is 0 Å². The number of amidine groups is 1. The molecule has 2 aromatic rings. The molecule has 150 valence electrons. The molecule has 29 heavy (non-hydrogen) atoms. The zero-order valence-electron chi connectivity index (χ0n) is 15.1. The van der Waals surface area contributed by atoms with Crippen molar-refractivity contribution >= 4 is 40.1 Å². The van der Waals surface area contributed by atoms with Crippen LogP contribution in [0.5, 0.6) is 0 Å². The zero-order valence-corrected chi connectivity index (χ0v) is 15.9. The van der Waals surface area contributed by atoms with Crippen molar-refractivity contribution in [3.63, 3.8) is 0 Å². The molecule has 0 bridgehead atoms. The van der Waals surface area contributed by atoms with Gasteiger partial charge < -0.3 is 5.32 Å². The zero-order chi connectivity index (χ0) is 20.4. The number of hydrogen-bond acceptors (Lipinski definition) is 6. The lowest BCUT2D eigenvalue weighted by Crippen LogP contribution is -2.49. The molecule has 1 saturated heterocycles. The molecule has 0 saturated carbocycles. The number of carbonyl (C=O) groups is 2. The van der Waals surface area contributed by atoms with Gasteiger partial charge in [-0.25, -0.2) is 19.2 Å². The van der Waals surface area contributed by atoms with Gasteiger partial charge in [-0.05, 0) is 24.3 Å². The molecule has 0 aliphatic carbocycles. The van der Waals surface area contributed by atoms with Gasteiger partial charge in [0.05, 0.1) is 23.0 Å². The van der Waals surface area contributed by atoms with E-state index in [1.165, 1.54) is 4.90 Å². The van der Waals surface area contributed by atoms with Gasteiger partial charge in [-0.2, -0.15) is 0 Å². The van der Waals surface area contributed by atoms with Gasteiger partial charge in [-0.3, -0.25) is 19.9 Å². The van der Waals surface area contributed by atoms with Crippen LogP contribution in [-0.2, 0) is 9.59 Å². The van der Waals surface area contributed by atoms with E-state index in [9.17, 15) is 18.4 Å². The van der Waals surface area contributed by atoms with Gasteiger partial charge in [-0.1, -0.05) is 30.0 Å². The molecule has 2 atom stereocenters. The SMILES string of the molecule is O=C(CSC1=NC2NNCC2C(=O)N1c1ccccc1)Nc1ccc(F)cc1F. The minimum absolute atomic E-state index is 0.100. The number of amides is 2. The Hall–Kier alpha value is -2.82. The van der Waals surface area contributed by atoms with E-state index in [0.29, 0.717) is 23.5 Å². The van der Waals surface area contributed by atoms with Crippen molar-refractivity contribution in [2.24, 2.45) is 10.9 Å². The van der Waals surface area contributed by atoms with Gasteiger partial charge >= 0.3 is 0 Å². The predicted molar refractivity (Wildman–Crippen MR) is 107 cm³/mol. The third-order valence-electron chi connectivity index (χ3n) is 4.48. The average molecular weight is 417 g/mol. The Kier molecular flexibility index (Phi) is 5.56. The Morgan fingerprint density at radius 3 is 2.79 bits per heavy atom. The number of para-hydroxylation sites is 1. The second-order valence-corrected chi connectivity index (χ2v) is 7.40. The van der Waals surface area contributed by atoms with Crippen molar-refractivity contribution < 1.29 is 18.4 Å². The van der Waals surface area contributed by atoms with Crippen LogP contribution < -0.4 is 21.1 Å². The molecule has 2 aromatic carbocycles. The van der Waals surface area contributed by atoms with Crippen LogP contribution in [0.25, 0.3) is 0 Å². The van der Waals surface area contributed by atoms with Crippen LogP contribution in [0.4, 0.5) is 20.2 Å². The number of nitrogens with one attached hydrogen (secondary N) is 3. The van der Waals surface area contributed by atoms with Gasteiger partial charge in [0.2, 0.25) is 11.8 Å². The Bertz CT molecular complexity index is 972. The molecule has 10 heteroatoms. The Labute approximate surface area is 169 Å². The van der Waals surface area contributed by atoms with E-state index < -0.39 is 23.7 Å². The van der Waals surface area contributed by atoms with Gasteiger partial charge in [0, 0.05) is 12.6 Å². The molecule has 2 aliphatic rings. The molecule has 3 N–H and O–H groups in total. The minimum Gasteiger partial charge on any atom is -0.323 e. The fourth-order valence-electron chi connectivity index (χ4n) is 3.09. The highest BCUT2D eigenvalue weighted by Gasteiger charge is 2.42. The quantitative estimate of drug-likeness (QED) is 0.709. The predicted octanol–water partition coefficient (Wildman–Crippen LogP) is 2.09. The number of hydrazine groups is 1. The fourth-order valence-corrected chi connectivity index (χ4v) is 3.94. The maximum absolute atomic E-state index is 13.7. The Morgan fingerprint density at radius 1 is 1.24 bits per heavy atom. The highest BCUT2D eigenvalue weighted by atomic mass is 32.2. The summed E-state index contributed by atoms with van der Waals surface area (Å²) in [5.74, 6) is -2.65. The van der Waals surface area contributed by atoms with Crippen molar-refractivity contribution in [1.82, 2.24) is 10.9 Å². The number of fused-ring (bicyclic) bond motifs is 1. The second kappa shape index (κ2) is 8.27. The summed E-state index contributed by atoms with van der Waals surface area (Å²) >= 11 is 1.07. The van der Waals surface area contributed by atoms with Crippen LogP contribution in [0.3, 0.4) is 0 Å². The normalized spacial score (nSPS) is 21.0. The van der Waals surface area contributed by atoms with Crippen molar-refractivity contribution in [3.8, 4) is 0 Å². The molecule has 7 nitrogen and oxygen atoms in total. The summed E-state index contributed by atoms with van der Waals surface area (Å²) in [5.41, 5.74) is 6.42. The molecule has 1 fully saturated rings. The van der Waals surface area contributed by atoms with Crippen LogP contribution in [0.15, 0.2) is 53.5 Å². The topological polar surface area (TPSA) is 85.8 Å². The summed E-state index contributed by atoms with van der Waals surface area (Å²) in [6, 6.07) is 12.0. The van der Waals surface area contributed by atoms with E-state index in [2.05, 4.69) is 21.2 Å². The maximum atomic E-state index is 13.7. The average Bonchev–Trinajstić information content (AvgIpc) is 3.18. The molecule has 0 spiro atoms. The summed E-state index contributed by atoms with van der Waals surface area (Å²) in [5, 5.41) is 2.77. The van der Waals surface area contributed by atoms with Crippen molar-refractivity contribution in [1.29, 1.82) is 0 Å². The molecule has 2 unspecified atom stereocenters. The molecule has 0 radical (unpaired) electrons. The standard InChI is InChI=1S/C19H17F2N5O2S/c20-11-6-7-15(14(21)8-11)23-16(27)10-29-19-24-17-13(9-22-25-17)18(28)26(19)12-4-2-1-3-5-12/h1-8,13,17,22,25H,9-10H2,(H,23,27). The number of benzene rings is 2. The lowest BCUT2D eigenvalue weighted by Gasteiger charge is -2.32. The lowest BCUT2D eigenvalue weighted by molar-refractivity contribution is -0.121. The number of rotatable bonds is 4.